The fraction of sp³-hybridized carbons (Fsp3) is 0.423. The van der Waals surface area contributed by atoms with Gasteiger partial charge in [0, 0.05) is 18.3 Å². The predicted molar refractivity (Wildman–Crippen MR) is 129 cm³/mol. The molecule has 3 N–H and O–H groups in total. The zero-order valence-electron chi connectivity index (χ0n) is 20.1. The van der Waals surface area contributed by atoms with Gasteiger partial charge in [0.2, 0.25) is 11.8 Å². The minimum Gasteiger partial charge on any atom is -0.489 e. The summed E-state index contributed by atoms with van der Waals surface area (Å²) < 4.78 is 11.1. The Bertz CT molecular complexity index is 1020. The molecule has 1 unspecified atom stereocenters. The van der Waals surface area contributed by atoms with Crippen LogP contribution in [0.3, 0.4) is 0 Å². The van der Waals surface area contributed by atoms with E-state index in [1.165, 1.54) is 0 Å². The minimum absolute atomic E-state index is 0.109. The van der Waals surface area contributed by atoms with Gasteiger partial charge in [-0.2, -0.15) is 0 Å². The van der Waals surface area contributed by atoms with Gasteiger partial charge >= 0.3 is 6.09 Å². The average Bonchev–Trinajstić information content (AvgIpc) is 2.93. The molecule has 0 aliphatic carbocycles. The summed E-state index contributed by atoms with van der Waals surface area (Å²) in [6.07, 6.45) is 0.517. The Hall–Kier alpha value is -3.55. The van der Waals surface area contributed by atoms with Crippen LogP contribution < -0.4 is 20.7 Å². The number of hydrogen-bond acceptors (Lipinski definition) is 5. The number of alkyl carbamates (subject to hydrolysis) is 1. The summed E-state index contributed by atoms with van der Waals surface area (Å²) in [6, 6.07) is 14.8. The van der Waals surface area contributed by atoms with Gasteiger partial charge in [-0.1, -0.05) is 43.3 Å². The number of amides is 3. The molecule has 2 aromatic carbocycles. The Balaban J connectivity index is 1.53. The van der Waals surface area contributed by atoms with Crippen molar-refractivity contribution >= 4 is 23.6 Å². The Morgan fingerprint density at radius 1 is 1.15 bits per heavy atom. The molecule has 34 heavy (non-hydrogen) atoms. The fourth-order valence-corrected chi connectivity index (χ4v) is 3.47. The SMILES string of the molecule is CC(CNC(=O)OC(C)(C)C)C(=O)N[C@H]1CCc2ccc(OCc3ccccc3)cc2NC1=O. The van der Waals surface area contributed by atoms with E-state index in [2.05, 4.69) is 16.0 Å². The number of carbonyl (C=O) groups excluding carboxylic acids is 3. The molecule has 0 saturated heterocycles. The van der Waals surface area contributed by atoms with Gasteiger partial charge in [-0.25, -0.2) is 4.79 Å². The molecule has 1 aliphatic heterocycles. The van der Waals surface area contributed by atoms with E-state index in [0.717, 1.165) is 11.1 Å². The maximum absolute atomic E-state index is 12.8. The summed E-state index contributed by atoms with van der Waals surface area (Å²) in [4.78, 5) is 37.2. The predicted octanol–water partition coefficient (Wildman–Crippen LogP) is 3.80. The van der Waals surface area contributed by atoms with Gasteiger partial charge in [-0.15, -0.1) is 0 Å². The Kier molecular flexibility index (Phi) is 8.15. The van der Waals surface area contributed by atoms with Crippen LogP contribution in [0.15, 0.2) is 48.5 Å². The highest BCUT2D eigenvalue weighted by atomic mass is 16.6. The van der Waals surface area contributed by atoms with Gasteiger partial charge in [0.1, 0.15) is 24.0 Å². The van der Waals surface area contributed by atoms with E-state index in [1.54, 1.807) is 27.7 Å². The van der Waals surface area contributed by atoms with Crippen molar-refractivity contribution in [1.82, 2.24) is 10.6 Å². The molecule has 2 aromatic rings. The van der Waals surface area contributed by atoms with Crippen molar-refractivity contribution in [3.63, 3.8) is 0 Å². The van der Waals surface area contributed by atoms with Crippen LogP contribution in [-0.2, 0) is 27.4 Å². The minimum atomic E-state index is -0.669. The van der Waals surface area contributed by atoms with Crippen molar-refractivity contribution in [2.75, 3.05) is 11.9 Å². The number of fused-ring (bicyclic) bond motifs is 1. The first-order chi connectivity index (χ1) is 16.1. The largest absolute Gasteiger partial charge is 0.489 e. The molecule has 182 valence electrons. The number of nitrogens with one attached hydrogen (secondary N) is 3. The number of ether oxygens (including phenoxy) is 2. The average molecular weight is 468 g/mol. The van der Waals surface area contributed by atoms with Gasteiger partial charge in [0.25, 0.3) is 0 Å². The van der Waals surface area contributed by atoms with Crippen molar-refractivity contribution in [1.29, 1.82) is 0 Å². The van der Waals surface area contributed by atoms with Gasteiger partial charge in [-0.05, 0) is 50.8 Å². The molecule has 3 rings (SSSR count). The zero-order valence-corrected chi connectivity index (χ0v) is 20.1. The maximum Gasteiger partial charge on any atom is 0.407 e. The van der Waals surface area contributed by atoms with Crippen LogP contribution >= 0.6 is 0 Å². The van der Waals surface area contributed by atoms with Gasteiger partial charge in [-0.3, -0.25) is 9.59 Å². The lowest BCUT2D eigenvalue weighted by Crippen LogP contribution is -2.47. The second kappa shape index (κ2) is 11.0. The van der Waals surface area contributed by atoms with Crippen LogP contribution in [0.25, 0.3) is 0 Å². The molecule has 0 saturated carbocycles. The highest BCUT2D eigenvalue weighted by Gasteiger charge is 2.27. The van der Waals surface area contributed by atoms with E-state index in [-0.39, 0.29) is 18.4 Å². The van der Waals surface area contributed by atoms with Crippen molar-refractivity contribution in [2.45, 2.75) is 58.8 Å². The summed E-state index contributed by atoms with van der Waals surface area (Å²) >= 11 is 0. The first-order valence-corrected chi connectivity index (χ1v) is 11.5. The molecule has 8 nitrogen and oxygen atoms in total. The number of hydrogen-bond donors (Lipinski definition) is 3. The van der Waals surface area contributed by atoms with Crippen molar-refractivity contribution in [3.8, 4) is 5.75 Å². The fourth-order valence-electron chi connectivity index (χ4n) is 3.47. The number of rotatable bonds is 7. The molecule has 0 bridgehead atoms. The summed E-state index contributed by atoms with van der Waals surface area (Å²) in [5.74, 6) is -0.454. The van der Waals surface area contributed by atoms with Crippen LogP contribution in [0.4, 0.5) is 10.5 Å². The molecular weight excluding hydrogens is 434 g/mol. The number of aryl methyl sites for hydroxylation is 1. The van der Waals surface area contributed by atoms with E-state index in [9.17, 15) is 14.4 Å². The third-order valence-corrected chi connectivity index (χ3v) is 5.32. The van der Waals surface area contributed by atoms with Crippen molar-refractivity contribution < 1.29 is 23.9 Å². The maximum atomic E-state index is 12.8. The van der Waals surface area contributed by atoms with Gasteiger partial charge in [0.15, 0.2) is 0 Å². The van der Waals surface area contributed by atoms with E-state index >= 15 is 0 Å². The van der Waals surface area contributed by atoms with Gasteiger partial charge < -0.3 is 25.4 Å². The van der Waals surface area contributed by atoms with Gasteiger partial charge in [0.05, 0.1) is 5.92 Å². The van der Waals surface area contributed by atoms with E-state index in [1.807, 2.05) is 48.5 Å². The smallest absolute Gasteiger partial charge is 0.407 e. The highest BCUT2D eigenvalue weighted by molar-refractivity contribution is 5.98. The standard InChI is InChI=1S/C26H33N3O5/c1-17(15-27-25(32)34-26(2,3)4)23(30)28-21-13-11-19-10-12-20(14-22(19)29-24(21)31)33-16-18-8-6-5-7-9-18/h5-10,12,14,17,21H,11,13,15-16H2,1-4H3,(H,27,32)(H,28,30)(H,29,31)/t17?,21-/m0/s1. The van der Waals surface area contributed by atoms with Crippen molar-refractivity contribution in [2.24, 2.45) is 5.92 Å². The molecule has 1 aliphatic rings. The summed E-state index contributed by atoms with van der Waals surface area (Å²) in [7, 11) is 0. The Morgan fingerprint density at radius 2 is 1.88 bits per heavy atom. The molecule has 2 atom stereocenters. The normalized spacial score (nSPS) is 16.4. The third kappa shape index (κ3) is 7.50. The molecule has 8 heteroatoms. The molecule has 0 radical (unpaired) electrons. The molecular formula is C26H33N3O5. The Labute approximate surface area is 200 Å². The quantitative estimate of drug-likeness (QED) is 0.574. The lowest BCUT2D eigenvalue weighted by Gasteiger charge is -2.21. The van der Waals surface area contributed by atoms with Crippen LogP contribution in [0.1, 0.15) is 45.2 Å². The van der Waals surface area contributed by atoms with E-state index < -0.39 is 23.7 Å². The van der Waals surface area contributed by atoms with E-state index in [4.69, 9.17) is 9.47 Å². The Morgan fingerprint density at radius 3 is 2.59 bits per heavy atom. The monoisotopic (exact) mass is 467 g/mol. The van der Waals surface area contributed by atoms with Crippen LogP contribution in [-0.4, -0.2) is 36.1 Å². The second-order valence-electron chi connectivity index (χ2n) is 9.47. The zero-order chi connectivity index (χ0) is 24.7. The summed E-state index contributed by atoms with van der Waals surface area (Å²) in [5, 5.41) is 8.30. The second-order valence-corrected chi connectivity index (χ2v) is 9.47. The lowest BCUT2D eigenvalue weighted by molar-refractivity contribution is -0.128. The number of anilines is 1. The molecule has 0 fully saturated rings. The molecule has 1 heterocycles. The van der Waals surface area contributed by atoms with Crippen molar-refractivity contribution in [3.05, 3.63) is 59.7 Å². The first-order valence-electron chi connectivity index (χ1n) is 11.5. The topological polar surface area (TPSA) is 106 Å². The molecule has 3 amide bonds. The van der Waals surface area contributed by atoms with E-state index in [0.29, 0.717) is 30.9 Å². The first kappa shape index (κ1) is 25.1. The van der Waals surface area contributed by atoms with Crippen LogP contribution in [0, 0.1) is 5.92 Å². The van der Waals surface area contributed by atoms with Crippen LogP contribution in [0.5, 0.6) is 5.75 Å². The third-order valence-electron chi connectivity index (χ3n) is 5.32. The highest BCUT2D eigenvalue weighted by Crippen LogP contribution is 2.27. The lowest BCUT2D eigenvalue weighted by atomic mass is 10.0. The summed E-state index contributed by atoms with van der Waals surface area (Å²) in [5.41, 5.74) is 2.11. The number of carbonyl (C=O) groups is 3. The molecule has 0 spiro atoms. The molecule has 0 aromatic heterocycles. The van der Waals surface area contributed by atoms with Crippen LogP contribution in [0.2, 0.25) is 0 Å². The summed E-state index contributed by atoms with van der Waals surface area (Å²) in [6.45, 7) is 7.53. The number of benzene rings is 2.